The summed E-state index contributed by atoms with van der Waals surface area (Å²) in [7, 11) is 0. The first-order chi connectivity index (χ1) is 4.98. The van der Waals surface area contributed by atoms with Gasteiger partial charge in [0, 0.05) is 4.87 Å². The third-order valence-corrected chi connectivity index (χ3v) is 2.28. The molecule has 68 valence electrons. The Kier molecular flexibility index (Phi) is 5.94. The van der Waals surface area contributed by atoms with Crippen LogP contribution in [0.3, 0.4) is 0 Å². The number of unbranched alkanes of at least 4 members (excludes halogenated alkanes) is 1. The summed E-state index contributed by atoms with van der Waals surface area (Å²) in [4.78, 5) is -0.557. The number of halogens is 3. The van der Waals surface area contributed by atoms with Gasteiger partial charge in [0.25, 0.3) is 0 Å². The van der Waals surface area contributed by atoms with Gasteiger partial charge in [-0.05, 0) is 19.8 Å². The summed E-state index contributed by atoms with van der Waals surface area (Å²) in [5.41, 5.74) is 0. The van der Waals surface area contributed by atoms with E-state index in [4.69, 9.17) is 34.8 Å². The van der Waals surface area contributed by atoms with Gasteiger partial charge in [0.05, 0.1) is 0 Å². The monoisotopic (exact) mass is 216 g/mol. The van der Waals surface area contributed by atoms with Gasteiger partial charge in [-0.3, -0.25) is 0 Å². The second kappa shape index (κ2) is 5.50. The molecule has 0 rings (SSSR count). The van der Waals surface area contributed by atoms with Crippen LogP contribution < -0.4 is 0 Å². The van der Waals surface area contributed by atoms with Crippen molar-refractivity contribution in [3.8, 4) is 0 Å². The van der Waals surface area contributed by atoms with E-state index in [2.05, 4.69) is 6.92 Å². The predicted molar refractivity (Wildman–Crippen MR) is 53.9 cm³/mol. The fourth-order valence-electron chi connectivity index (χ4n) is 0.969. The van der Waals surface area contributed by atoms with Crippen LogP contribution in [0.2, 0.25) is 0 Å². The zero-order chi connectivity index (χ0) is 8.91. The second-order valence-electron chi connectivity index (χ2n) is 3.11. The first-order valence-corrected chi connectivity index (χ1v) is 5.20. The first-order valence-electron chi connectivity index (χ1n) is 3.95. The van der Waals surface area contributed by atoms with Gasteiger partial charge in [-0.1, -0.05) is 19.8 Å². The summed E-state index contributed by atoms with van der Waals surface area (Å²) < 4.78 is 0. The van der Waals surface area contributed by atoms with Gasteiger partial charge in [0.2, 0.25) is 0 Å². The lowest BCUT2D eigenvalue weighted by Crippen LogP contribution is -2.19. The second-order valence-corrected chi connectivity index (χ2v) is 5.30. The Morgan fingerprint density at radius 2 is 1.91 bits per heavy atom. The third-order valence-electron chi connectivity index (χ3n) is 1.63. The molecule has 0 saturated heterocycles. The smallest absolute Gasteiger partial charge is 0.109 e. The molecule has 0 saturated carbocycles. The quantitative estimate of drug-likeness (QED) is 0.600. The van der Waals surface area contributed by atoms with Crippen LogP contribution >= 0.6 is 34.8 Å². The molecule has 0 amide bonds. The average molecular weight is 218 g/mol. The van der Waals surface area contributed by atoms with Crippen LogP contribution in [0.4, 0.5) is 0 Å². The highest BCUT2D eigenvalue weighted by atomic mass is 35.5. The summed E-state index contributed by atoms with van der Waals surface area (Å²) in [5, 5.41) is 0. The SMILES string of the molecule is CCCC[C@](C)(Cl)CC(Cl)Cl. The molecular formula is C8H15Cl3. The summed E-state index contributed by atoms with van der Waals surface area (Å²) in [6.45, 7) is 4.13. The molecule has 0 heterocycles. The minimum Gasteiger partial charge on any atom is -0.120 e. The standard InChI is InChI=1S/C8H15Cl3/c1-3-4-5-8(2,11)6-7(9)10/h7H,3-6H2,1-2H3/t8-/m0/s1. The Hall–Kier alpha value is 0.870. The molecule has 0 aliphatic heterocycles. The molecule has 0 spiro atoms. The van der Waals surface area contributed by atoms with Gasteiger partial charge < -0.3 is 0 Å². The van der Waals surface area contributed by atoms with Gasteiger partial charge in [-0.2, -0.15) is 0 Å². The number of hydrogen-bond acceptors (Lipinski definition) is 0. The van der Waals surface area contributed by atoms with Gasteiger partial charge in [0.1, 0.15) is 4.84 Å². The predicted octanol–water partition coefficient (Wildman–Crippen LogP) is 4.37. The van der Waals surface area contributed by atoms with Crippen LogP contribution in [-0.2, 0) is 0 Å². The van der Waals surface area contributed by atoms with Crippen LogP contribution in [0, 0.1) is 0 Å². The Labute approximate surface area is 84.2 Å². The lowest BCUT2D eigenvalue weighted by molar-refractivity contribution is 0.522. The van der Waals surface area contributed by atoms with Crippen LogP contribution in [0.15, 0.2) is 0 Å². The molecule has 3 heteroatoms. The average Bonchev–Trinajstić information content (AvgIpc) is 1.81. The minimum absolute atomic E-state index is 0.218. The van der Waals surface area contributed by atoms with E-state index in [0.717, 1.165) is 19.3 Å². The van der Waals surface area contributed by atoms with Crippen molar-refractivity contribution in [2.45, 2.75) is 49.2 Å². The van der Waals surface area contributed by atoms with Crippen molar-refractivity contribution < 1.29 is 0 Å². The minimum atomic E-state index is -0.339. The van der Waals surface area contributed by atoms with E-state index in [-0.39, 0.29) is 9.71 Å². The van der Waals surface area contributed by atoms with E-state index in [0.29, 0.717) is 6.42 Å². The molecule has 0 aliphatic rings. The maximum absolute atomic E-state index is 6.14. The molecule has 0 fully saturated rings. The number of rotatable bonds is 5. The van der Waals surface area contributed by atoms with E-state index >= 15 is 0 Å². The Balaban J connectivity index is 3.61. The molecule has 1 atom stereocenters. The van der Waals surface area contributed by atoms with Crippen molar-refractivity contribution in [2.75, 3.05) is 0 Å². The normalized spacial score (nSPS) is 16.9. The van der Waals surface area contributed by atoms with E-state index in [9.17, 15) is 0 Å². The van der Waals surface area contributed by atoms with Crippen molar-refractivity contribution >= 4 is 34.8 Å². The third kappa shape index (κ3) is 7.24. The van der Waals surface area contributed by atoms with Crippen molar-refractivity contribution in [2.24, 2.45) is 0 Å². The summed E-state index contributed by atoms with van der Waals surface area (Å²) in [5.74, 6) is 0. The van der Waals surface area contributed by atoms with E-state index in [1.165, 1.54) is 0 Å². The van der Waals surface area contributed by atoms with Crippen LogP contribution in [-0.4, -0.2) is 9.71 Å². The largest absolute Gasteiger partial charge is 0.120 e. The fourth-order valence-corrected chi connectivity index (χ4v) is 2.10. The molecule has 0 N–H and O–H groups in total. The molecule has 0 aromatic carbocycles. The van der Waals surface area contributed by atoms with E-state index in [1.54, 1.807) is 0 Å². The van der Waals surface area contributed by atoms with Crippen molar-refractivity contribution in [1.29, 1.82) is 0 Å². The topological polar surface area (TPSA) is 0 Å². The number of hydrogen-bond donors (Lipinski definition) is 0. The maximum Gasteiger partial charge on any atom is 0.109 e. The molecule has 0 radical (unpaired) electrons. The van der Waals surface area contributed by atoms with Gasteiger partial charge >= 0.3 is 0 Å². The summed E-state index contributed by atoms with van der Waals surface area (Å²) in [6, 6.07) is 0. The maximum atomic E-state index is 6.14. The summed E-state index contributed by atoms with van der Waals surface area (Å²) >= 11 is 17.4. The highest BCUT2D eigenvalue weighted by Crippen LogP contribution is 2.30. The van der Waals surface area contributed by atoms with Gasteiger partial charge in [0.15, 0.2) is 0 Å². The molecule has 0 nitrogen and oxygen atoms in total. The number of alkyl halides is 3. The van der Waals surface area contributed by atoms with Crippen molar-refractivity contribution in [3.63, 3.8) is 0 Å². The molecule has 0 unspecified atom stereocenters. The zero-order valence-corrected chi connectivity index (χ0v) is 9.31. The van der Waals surface area contributed by atoms with Gasteiger partial charge in [-0.25, -0.2) is 0 Å². The molecule has 0 aromatic heterocycles. The van der Waals surface area contributed by atoms with Crippen molar-refractivity contribution in [3.05, 3.63) is 0 Å². The highest BCUT2D eigenvalue weighted by molar-refractivity contribution is 6.44. The zero-order valence-electron chi connectivity index (χ0n) is 7.04. The Morgan fingerprint density at radius 3 is 2.27 bits per heavy atom. The Morgan fingerprint density at radius 1 is 1.36 bits per heavy atom. The van der Waals surface area contributed by atoms with Crippen LogP contribution in [0.25, 0.3) is 0 Å². The van der Waals surface area contributed by atoms with E-state index in [1.807, 2.05) is 6.92 Å². The molecule has 0 aromatic rings. The van der Waals surface area contributed by atoms with E-state index < -0.39 is 0 Å². The lowest BCUT2D eigenvalue weighted by Gasteiger charge is -2.21. The highest BCUT2D eigenvalue weighted by Gasteiger charge is 2.22. The Bertz CT molecular complexity index is 99.5. The van der Waals surface area contributed by atoms with Crippen LogP contribution in [0.5, 0.6) is 0 Å². The fraction of sp³-hybridized carbons (Fsp3) is 1.00. The van der Waals surface area contributed by atoms with Gasteiger partial charge in [-0.15, -0.1) is 34.8 Å². The van der Waals surface area contributed by atoms with Crippen molar-refractivity contribution in [1.82, 2.24) is 0 Å². The molecule has 0 bridgehead atoms. The molecule has 0 aliphatic carbocycles. The first kappa shape index (κ1) is 11.9. The molecular weight excluding hydrogens is 202 g/mol. The molecule has 11 heavy (non-hydrogen) atoms. The van der Waals surface area contributed by atoms with Crippen LogP contribution in [0.1, 0.15) is 39.5 Å². The summed E-state index contributed by atoms with van der Waals surface area (Å²) in [6.07, 6.45) is 3.96. The lowest BCUT2D eigenvalue weighted by atomic mass is 10.0.